The standard InChI is InChI=1S/C28H39F2N3O2.C2H5NO/c1-19(34)32-25(14-20-12-23(29)16-24(30)13-20)26(35)17-31-28(10-7-11-33(5)18-28)22-9-6-8-21(15-22)27(2,3)4;1-3-2-4/h6,8-9,12-13,15-16,25-26,31,35H,7,10-11,14,17-18H2,1-5H3,(H,32,34);2H,1H3,(H,3,4). The Balaban J connectivity index is 0.00000124. The van der Waals surface area contributed by atoms with Crippen LogP contribution in [0.2, 0.25) is 0 Å². The van der Waals surface area contributed by atoms with Gasteiger partial charge < -0.3 is 26.0 Å². The summed E-state index contributed by atoms with van der Waals surface area (Å²) in [6.45, 7) is 9.95. The maximum absolute atomic E-state index is 13.7. The highest BCUT2D eigenvalue weighted by molar-refractivity contribution is 5.73. The lowest BCUT2D eigenvalue weighted by Crippen LogP contribution is -2.57. The van der Waals surface area contributed by atoms with Crippen molar-refractivity contribution in [3.63, 3.8) is 0 Å². The number of nitrogens with zero attached hydrogens (tertiary/aromatic N) is 1. The largest absolute Gasteiger partial charge is 0.390 e. The summed E-state index contributed by atoms with van der Waals surface area (Å²) in [6, 6.07) is 11.2. The van der Waals surface area contributed by atoms with Gasteiger partial charge in [0.1, 0.15) is 11.6 Å². The Hall–Kier alpha value is -2.88. The second-order valence-corrected chi connectivity index (χ2v) is 11.4. The first-order chi connectivity index (χ1) is 18.3. The van der Waals surface area contributed by atoms with Crippen LogP contribution in [0.1, 0.15) is 57.2 Å². The molecule has 3 rings (SSSR count). The molecule has 2 aromatic rings. The highest BCUT2D eigenvalue weighted by Crippen LogP contribution is 2.34. The fourth-order valence-electron chi connectivity index (χ4n) is 5.00. The SMILES string of the molecule is CC(=O)NC(Cc1cc(F)cc(F)c1)C(O)CNC1(c2cccc(C(C)(C)C)c2)CCCN(C)C1.CNC=O. The molecule has 0 spiro atoms. The third-order valence-electron chi connectivity index (χ3n) is 6.96. The molecule has 7 nitrogen and oxygen atoms in total. The van der Waals surface area contributed by atoms with Crippen molar-refractivity contribution < 1.29 is 23.5 Å². The molecule has 2 amide bonds. The van der Waals surface area contributed by atoms with Crippen molar-refractivity contribution in [1.82, 2.24) is 20.9 Å². The molecule has 1 fully saturated rings. The number of rotatable bonds is 9. The molecule has 9 heteroatoms. The van der Waals surface area contributed by atoms with E-state index in [4.69, 9.17) is 4.79 Å². The summed E-state index contributed by atoms with van der Waals surface area (Å²) in [5.74, 6) is -1.68. The number of likely N-dealkylation sites (N-methyl/N-ethyl adjacent to an activating group) is 1. The summed E-state index contributed by atoms with van der Waals surface area (Å²) in [7, 11) is 3.66. The lowest BCUT2D eigenvalue weighted by Gasteiger charge is -2.44. The molecule has 1 aliphatic heterocycles. The van der Waals surface area contributed by atoms with E-state index in [9.17, 15) is 18.7 Å². The van der Waals surface area contributed by atoms with Crippen LogP contribution >= 0.6 is 0 Å². The fourth-order valence-corrected chi connectivity index (χ4v) is 5.00. The van der Waals surface area contributed by atoms with Crippen LogP contribution in [-0.4, -0.2) is 68.2 Å². The van der Waals surface area contributed by atoms with E-state index in [1.54, 1.807) is 7.05 Å². The fraction of sp³-hybridized carbons (Fsp3) is 0.533. The zero-order valence-electron chi connectivity index (χ0n) is 24.0. The maximum Gasteiger partial charge on any atom is 0.217 e. The Kier molecular flexibility index (Phi) is 12.0. The number of aliphatic hydroxyl groups excluding tert-OH is 1. The second-order valence-electron chi connectivity index (χ2n) is 11.4. The van der Waals surface area contributed by atoms with E-state index in [2.05, 4.69) is 72.9 Å². The number of carbonyl (C=O) groups excluding carboxylic acids is 2. The molecule has 0 saturated carbocycles. The van der Waals surface area contributed by atoms with Crippen molar-refractivity contribution in [3.8, 4) is 0 Å². The molecular formula is C30H44F2N4O3. The first-order valence-electron chi connectivity index (χ1n) is 13.4. The maximum atomic E-state index is 13.7. The van der Waals surface area contributed by atoms with E-state index >= 15 is 0 Å². The van der Waals surface area contributed by atoms with Crippen LogP contribution in [0.3, 0.4) is 0 Å². The Bertz CT molecular complexity index is 1070. The van der Waals surface area contributed by atoms with E-state index in [0.717, 1.165) is 32.0 Å². The van der Waals surface area contributed by atoms with E-state index in [1.807, 2.05) is 0 Å². The minimum Gasteiger partial charge on any atom is -0.390 e. The number of benzene rings is 2. The number of hydrogen-bond acceptors (Lipinski definition) is 5. The molecule has 4 N–H and O–H groups in total. The van der Waals surface area contributed by atoms with Crippen molar-refractivity contribution in [2.24, 2.45) is 0 Å². The summed E-state index contributed by atoms with van der Waals surface area (Å²) in [4.78, 5) is 23.2. The lowest BCUT2D eigenvalue weighted by molar-refractivity contribution is -0.120. The zero-order valence-corrected chi connectivity index (χ0v) is 24.0. The molecular weight excluding hydrogens is 502 g/mol. The quantitative estimate of drug-likeness (QED) is 0.363. The van der Waals surface area contributed by atoms with Crippen molar-refractivity contribution in [1.29, 1.82) is 0 Å². The smallest absolute Gasteiger partial charge is 0.217 e. The average molecular weight is 547 g/mol. The number of piperidine rings is 1. The van der Waals surface area contributed by atoms with E-state index in [0.29, 0.717) is 12.0 Å². The van der Waals surface area contributed by atoms with Gasteiger partial charge >= 0.3 is 0 Å². The van der Waals surface area contributed by atoms with Gasteiger partial charge in [-0.1, -0.05) is 45.0 Å². The topological polar surface area (TPSA) is 93.7 Å². The summed E-state index contributed by atoms with van der Waals surface area (Å²) in [6.07, 6.45) is 1.71. The summed E-state index contributed by atoms with van der Waals surface area (Å²) in [5, 5.41) is 19.8. The van der Waals surface area contributed by atoms with E-state index < -0.39 is 23.8 Å². The highest BCUT2D eigenvalue weighted by atomic mass is 19.1. The second kappa shape index (κ2) is 14.5. The lowest BCUT2D eigenvalue weighted by atomic mass is 9.78. The van der Waals surface area contributed by atoms with Crippen molar-refractivity contribution in [2.45, 2.75) is 70.1 Å². The monoisotopic (exact) mass is 546 g/mol. The van der Waals surface area contributed by atoms with Crippen LogP contribution in [0.15, 0.2) is 42.5 Å². The predicted octanol–water partition coefficient (Wildman–Crippen LogP) is 3.24. The average Bonchev–Trinajstić information content (AvgIpc) is 2.86. The van der Waals surface area contributed by atoms with Gasteiger partial charge in [0.25, 0.3) is 0 Å². The van der Waals surface area contributed by atoms with Crippen LogP contribution < -0.4 is 16.0 Å². The summed E-state index contributed by atoms with van der Waals surface area (Å²) < 4.78 is 27.4. The van der Waals surface area contributed by atoms with Gasteiger partial charge in [0.15, 0.2) is 0 Å². The van der Waals surface area contributed by atoms with Crippen molar-refractivity contribution in [3.05, 3.63) is 70.8 Å². The van der Waals surface area contributed by atoms with Crippen molar-refractivity contribution in [2.75, 3.05) is 33.7 Å². The predicted molar refractivity (Wildman–Crippen MR) is 150 cm³/mol. The highest BCUT2D eigenvalue weighted by Gasteiger charge is 2.37. The molecule has 3 unspecified atom stereocenters. The summed E-state index contributed by atoms with van der Waals surface area (Å²) >= 11 is 0. The number of carbonyl (C=O) groups is 2. The third kappa shape index (κ3) is 9.98. The van der Waals surface area contributed by atoms with Gasteiger partial charge in [-0.25, -0.2) is 8.78 Å². The van der Waals surface area contributed by atoms with E-state index in [1.165, 1.54) is 30.2 Å². The first-order valence-corrected chi connectivity index (χ1v) is 13.4. The van der Waals surface area contributed by atoms with Crippen LogP contribution in [0, 0.1) is 11.6 Å². The van der Waals surface area contributed by atoms with Gasteiger partial charge in [-0.15, -0.1) is 0 Å². The molecule has 1 heterocycles. The number of halogens is 2. The van der Waals surface area contributed by atoms with Gasteiger partial charge in [-0.2, -0.15) is 0 Å². The first kappa shape index (κ1) is 32.3. The Morgan fingerprint density at radius 2 is 1.82 bits per heavy atom. The molecule has 1 saturated heterocycles. The normalized spacial score (nSPS) is 19.3. The van der Waals surface area contributed by atoms with Crippen LogP contribution in [0.4, 0.5) is 8.78 Å². The van der Waals surface area contributed by atoms with Gasteiger partial charge in [0.05, 0.1) is 17.7 Å². The Morgan fingerprint density at radius 3 is 2.36 bits per heavy atom. The number of likely N-dealkylation sites (tertiary alicyclic amines) is 1. The zero-order chi connectivity index (χ0) is 29.2. The Labute approximate surface area is 231 Å². The van der Waals surface area contributed by atoms with Crippen LogP contribution in [-0.2, 0) is 27.0 Å². The molecule has 216 valence electrons. The third-order valence-corrected chi connectivity index (χ3v) is 6.96. The molecule has 2 aromatic carbocycles. The molecule has 39 heavy (non-hydrogen) atoms. The van der Waals surface area contributed by atoms with Gasteiger partial charge in [0, 0.05) is 33.1 Å². The number of amides is 2. The summed E-state index contributed by atoms with van der Waals surface area (Å²) in [5.41, 5.74) is 2.45. The van der Waals surface area contributed by atoms with Gasteiger partial charge in [0.2, 0.25) is 12.3 Å². The number of aliphatic hydroxyl groups is 1. The molecule has 0 radical (unpaired) electrons. The van der Waals surface area contributed by atoms with Crippen LogP contribution in [0.5, 0.6) is 0 Å². The molecule has 0 aliphatic carbocycles. The molecule has 1 aliphatic rings. The van der Waals surface area contributed by atoms with Gasteiger partial charge in [-0.05, 0) is 67.1 Å². The van der Waals surface area contributed by atoms with E-state index in [-0.39, 0.29) is 29.8 Å². The van der Waals surface area contributed by atoms with Crippen molar-refractivity contribution >= 4 is 12.3 Å². The minimum atomic E-state index is -0.958. The Morgan fingerprint density at radius 1 is 1.18 bits per heavy atom. The number of hydrogen-bond donors (Lipinski definition) is 4. The molecule has 3 atom stereocenters. The minimum absolute atomic E-state index is 0.00795. The number of nitrogens with one attached hydrogen (secondary N) is 3. The molecule has 0 aromatic heterocycles. The van der Waals surface area contributed by atoms with Gasteiger partial charge in [-0.3, -0.25) is 9.59 Å². The van der Waals surface area contributed by atoms with Crippen LogP contribution in [0.25, 0.3) is 0 Å². The molecule has 0 bridgehead atoms.